The summed E-state index contributed by atoms with van der Waals surface area (Å²) in [7, 11) is 0. The highest BCUT2D eigenvalue weighted by Crippen LogP contribution is 2.31. The van der Waals surface area contributed by atoms with Gasteiger partial charge in [0.15, 0.2) is 0 Å². The van der Waals surface area contributed by atoms with Gasteiger partial charge in [-0.1, -0.05) is 6.42 Å². The number of aliphatic carboxylic acids is 1. The van der Waals surface area contributed by atoms with Gasteiger partial charge in [0.1, 0.15) is 0 Å². The van der Waals surface area contributed by atoms with E-state index in [2.05, 4.69) is 28.7 Å². The van der Waals surface area contributed by atoms with Crippen LogP contribution in [0.25, 0.3) is 0 Å². The Balaban J connectivity index is 2.00. The van der Waals surface area contributed by atoms with Gasteiger partial charge in [-0.15, -0.1) is 0 Å². The first-order chi connectivity index (χ1) is 8.68. The number of thiophene rings is 1. The molecule has 1 saturated heterocycles. The second kappa shape index (κ2) is 6.34. The standard InChI is InChI=1S/C14H21NO2S/c1-11(12-7-9-18-10-12)15-8-3-2-4-13(15)5-6-14(16)17/h7,9-11,13H,2-6,8H2,1H3,(H,16,17). The van der Waals surface area contributed by atoms with Crippen molar-refractivity contribution >= 4 is 17.3 Å². The molecule has 1 fully saturated rings. The predicted octanol–water partition coefficient (Wildman–Crippen LogP) is 3.53. The maximum atomic E-state index is 10.7. The van der Waals surface area contributed by atoms with Crippen molar-refractivity contribution in [2.75, 3.05) is 6.54 Å². The van der Waals surface area contributed by atoms with Gasteiger partial charge in [0, 0.05) is 18.5 Å². The fourth-order valence-corrected chi connectivity index (χ4v) is 3.58. The Kier molecular flexibility index (Phi) is 4.78. The summed E-state index contributed by atoms with van der Waals surface area (Å²) in [5.74, 6) is -0.677. The Labute approximate surface area is 112 Å². The number of nitrogens with zero attached hydrogens (tertiary/aromatic N) is 1. The number of carboxylic acids is 1. The van der Waals surface area contributed by atoms with Crippen LogP contribution < -0.4 is 0 Å². The Bertz CT molecular complexity index is 377. The van der Waals surface area contributed by atoms with Crippen LogP contribution in [0.4, 0.5) is 0 Å². The Morgan fingerprint density at radius 3 is 3.11 bits per heavy atom. The number of carboxylic acid groups (broad SMARTS) is 1. The number of piperidine rings is 1. The summed E-state index contributed by atoms with van der Waals surface area (Å²) >= 11 is 1.73. The quantitative estimate of drug-likeness (QED) is 0.887. The fourth-order valence-electron chi connectivity index (χ4n) is 2.84. The first kappa shape index (κ1) is 13.6. The molecule has 1 aromatic rings. The maximum absolute atomic E-state index is 10.7. The maximum Gasteiger partial charge on any atom is 0.303 e. The van der Waals surface area contributed by atoms with Gasteiger partial charge < -0.3 is 5.11 Å². The van der Waals surface area contributed by atoms with Crippen molar-refractivity contribution in [2.24, 2.45) is 0 Å². The summed E-state index contributed by atoms with van der Waals surface area (Å²) in [6.07, 6.45) is 4.68. The van der Waals surface area contributed by atoms with E-state index < -0.39 is 5.97 Å². The molecule has 4 heteroatoms. The molecule has 1 aliphatic rings. The molecule has 0 saturated carbocycles. The zero-order valence-corrected chi connectivity index (χ0v) is 11.7. The lowest BCUT2D eigenvalue weighted by Gasteiger charge is -2.39. The molecular weight excluding hydrogens is 246 g/mol. The molecule has 0 radical (unpaired) electrons. The van der Waals surface area contributed by atoms with Crippen molar-refractivity contribution in [1.29, 1.82) is 0 Å². The number of rotatable bonds is 5. The first-order valence-corrected chi connectivity index (χ1v) is 7.62. The third-order valence-corrected chi connectivity index (χ3v) is 4.59. The molecule has 18 heavy (non-hydrogen) atoms. The highest BCUT2D eigenvalue weighted by atomic mass is 32.1. The molecule has 1 N–H and O–H groups in total. The molecule has 3 nitrogen and oxygen atoms in total. The summed E-state index contributed by atoms with van der Waals surface area (Å²) in [4.78, 5) is 13.2. The number of likely N-dealkylation sites (tertiary alicyclic amines) is 1. The van der Waals surface area contributed by atoms with Crippen LogP contribution in [0.15, 0.2) is 16.8 Å². The Morgan fingerprint density at radius 1 is 1.61 bits per heavy atom. The molecule has 0 aromatic carbocycles. The van der Waals surface area contributed by atoms with Crippen molar-refractivity contribution in [1.82, 2.24) is 4.90 Å². The third kappa shape index (κ3) is 3.33. The fraction of sp³-hybridized carbons (Fsp3) is 0.643. The highest BCUT2D eigenvalue weighted by Gasteiger charge is 2.27. The van der Waals surface area contributed by atoms with Crippen molar-refractivity contribution in [3.63, 3.8) is 0 Å². The van der Waals surface area contributed by atoms with Gasteiger partial charge >= 0.3 is 5.97 Å². The highest BCUT2D eigenvalue weighted by molar-refractivity contribution is 7.07. The lowest BCUT2D eigenvalue weighted by Crippen LogP contribution is -2.41. The van der Waals surface area contributed by atoms with Crippen LogP contribution in [0, 0.1) is 0 Å². The average Bonchev–Trinajstić information content (AvgIpc) is 2.89. The Hall–Kier alpha value is -0.870. The van der Waals surface area contributed by atoms with Crippen LogP contribution in [-0.4, -0.2) is 28.6 Å². The monoisotopic (exact) mass is 267 g/mol. The van der Waals surface area contributed by atoms with E-state index >= 15 is 0 Å². The molecule has 0 spiro atoms. The molecule has 0 aliphatic carbocycles. The smallest absolute Gasteiger partial charge is 0.303 e. The van der Waals surface area contributed by atoms with Gasteiger partial charge in [-0.25, -0.2) is 0 Å². The lowest BCUT2D eigenvalue weighted by atomic mass is 9.95. The molecule has 2 rings (SSSR count). The molecule has 1 aromatic heterocycles. The van der Waals surface area contributed by atoms with Gasteiger partial charge in [-0.2, -0.15) is 11.3 Å². The first-order valence-electron chi connectivity index (χ1n) is 6.68. The second-order valence-electron chi connectivity index (χ2n) is 5.05. The minimum atomic E-state index is -0.677. The topological polar surface area (TPSA) is 40.5 Å². The van der Waals surface area contributed by atoms with Crippen molar-refractivity contribution in [3.8, 4) is 0 Å². The molecule has 0 amide bonds. The van der Waals surface area contributed by atoms with Gasteiger partial charge in [-0.05, 0) is 55.1 Å². The summed E-state index contributed by atoms with van der Waals surface area (Å²) in [5, 5.41) is 13.2. The van der Waals surface area contributed by atoms with Crippen LogP contribution in [0.3, 0.4) is 0 Å². The molecule has 2 heterocycles. The second-order valence-corrected chi connectivity index (χ2v) is 5.83. The minimum absolute atomic E-state index is 0.289. The normalized spacial score (nSPS) is 22.8. The van der Waals surface area contributed by atoms with E-state index in [9.17, 15) is 4.79 Å². The van der Waals surface area contributed by atoms with Crippen molar-refractivity contribution in [3.05, 3.63) is 22.4 Å². The Morgan fingerprint density at radius 2 is 2.44 bits per heavy atom. The van der Waals surface area contributed by atoms with Crippen LogP contribution >= 0.6 is 11.3 Å². The summed E-state index contributed by atoms with van der Waals surface area (Å²) in [6.45, 7) is 3.34. The molecular formula is C14H21NO2S. The largest absolute Gasteiger partial charge is 0.481 e. The summed E-state index contributed by atoms with van der Waals surface area (Å²) < 4.78 is 0. The summed E-state index contributed by atoms with van der Waals surface area (Å²) in [5.41, 5.74) is 1.36. The van der Waals surface area contributed by atoms with Crippen LogP contribution in [0.1, 0.15) is 50.6 Å². The van der Waals surface area contributed by atoms with E-state index in [4.69, 9.17) is 5.11 Å². The molecule has 100 valence electrons. The van der Waals surface area contributed by atoms with E-state index in [1.807, 2.05) is 0 Å². The molecule has 1 aliphatic heterocycles. The lowest BCUT2D eigenvalue weighted by molar-refractivity contribution is -0.137. The van der Waals surface area contributed by atoms with E-state index in [0.717, 1.165) is 19.4 Å². The van der Waals surface area contributed by atoms with Gasteiger partial charge in [-0.3, -0.25) is 9.69 Å². The van der Waals surface area contributed by atoms with E-state index in [1.165, 1.54) is 18.4 Å². The van der Waals surface area contributed by atoms with E-state index in [-0.39, 0.29) is 6.42 Å². The molecule has 2 atom stereocenters. The van der Waals surface area contributed by atoms with Crippen molar-refractivity contribution < 1.29 is 9.90 Å². The zero-order chi connectivity index (χ0) is 13.0. The number of carbonyl (C=O) groups is 1. The third-order valence-electron chi connectivity index (χ3n) is 3.89. The zero-order valence-electron chi connectivity index (χ0n) is 10.8. The van der Waals surface area contributed by atoms with Crippen LogP contribution in [-0.2, 0) is 4.79 Å². The SMILES string of the molecule is CC(c1ccsc1)N1CCCCC1CCC(=O)O. The van der Waals surface area contributed by atoms with Gasteiger partial charge in [0.25, 0.3) is 0 Å². The summed E-state index contributed by atoms with van der Waals surface area (Å²) in [6, 6.07) is 3.03. The van der Waals surface area contributed by atoms with E-state index in [1.54, 1.807) is 11.3 Å². The van der Waals surface area contributed by atoms with Crippen LogP contribution in [0.2, 0.25) is 0 Å². The van der Waals surface area contributed by atoms with Crippen LogP contribution in [0.5, 0.6) is 0 Å². The number of hydrogen-bond donors (Lipinski definition) is 1. The molecule has 0 bridgehead atoms. The van der Waals surface area contributed by atoms with Gasteiger partial charge in [0.2, 0.25) is 0 Å². The van der Waals surface area contributed by atoms with Crippen molar-refractivity contribution in [2.45, 2.75) is 51.1 Å². The molecule has 2 unspecified atom stereocenters. The average molecular weight is 267 g/mol. The van der Waals surface area contributed by atoms with Gasteiger partial charge in [0.05, 0.1) is 0 Å². The van der Waals surface area contributed by atoms with E-state index in [0.29, 0.717) is 12.1 Å². The predicted molar refractivity (Wildman–Crippen MR) is 73.9 cm³/mol. The minimum Gasteiger partial charge on any atom is -0.481 e. The number of hydrogen-bond acceptors (Lipinski definition) is 3.